The molecule has 0 aliphatic carbocycles. The number of nitrogens with zero attached hydrogens (tertiary/aromatic N) is 3. The number of anilines is 4. The minimum Gasteiger partial charge on any atom is -0.356 e. The zero-order chi connectivity index (χ0) is 21.1. The van der Waals surface area contributed by atoms with E-state index in [1.54, 1.807) is 24.3 Å². The molecule has 1 aliphatic heterocycles. The first-order valence-corrected chi connectivity index (χ1v) is 9.73. The average Bonchev–Trinajstić information content (AvgIpc) is 3.24. The SMILES string of the molecule is Cc1nc(Nc2ccc(NC(=O)c3c(F)cccc3F)cc2)cc(N2CCCC2)n1. The van der Waals surface area contributed by atoms with Crippen LogP contribution in [0.1, 0.15) is 29.0 Å². The van der Waals surface area contributed by atoms with Crippen LogP contribution in [0.5, 0.6) is 0 Å². The van der Waals surface area contributed by atoms with Gasteiger partial charge in [-0.3, -0.25) is 4.79 Å². The van der Waals surface area contributed by atoms with Gasteiger partial charge in [0, 0.05) is 30.5 Å². The summed E-state index contributed by atoms with van der Waals surface area (Å²) >= 11 is 0. The van der Waals surface area contributed by atoms with Crippen LogP contribution in [0.15, 0.2) is 48.5 Å². The van der Waals surface area contributed by atoms with Crippen molar-refractivity contribution < 1.29 is 13.6 Å². The molecule has 0 radical (unpaired) electrons. The summed E-state index contributed by atoms with van der Waals surface area (Å²) in [4.78, 5) is 23.4. The molecule has 0 unspecified atom stereocenters. The number of amides is 1. The number of halogens is 2. The Kier molecular flexibility index (Phi) is 5.56. The van der Waals surface area contributed by atoms with Crippen LogP contribution in [0.4, 0.5) is 31.8 Å². The summed E-state index contributed by atoms with van der Waals surface area (Å²) in [5, 5.41) is 5.74. The molecular formula is C22H21F2N5O. The van der Waals surface area contributed by atoms with Gasteiger partial charge >= 0.3 is 0 Å². The maximum atomic E-state index is 13.8. The van der Waals surface area contributed by atoms with Gasteiger partial charge in [0.1, 0.15) is 34.7 Å². The highest BCUT2D eigenvalue weighted by Gasteiger charge is 2.17. The predicted octanol–water partition coefficient (Wildman–Crippen LogP) is 4.66. The third-order valence-corrected chi connectivity index (χ3v) is 4.86. The molecule has 0 saturated carbocycles. The quantitative estimate of drug-likeness (QED) is 0.641. The number of hydrogen-bond acceptors (Lipinski definition) is 5. The van der Waals surface area contributed by atoms with E-state index in [4.69, 9.17) is 0 Å². The Bertz CT molecular complexity index is 1050. The number of carbonyl (C=O) groups is 1. The molecule has 1 aromatic heterocycles. The van der Waals surface area contributed by atoms with E-state index < -0.39 is 23.1 Å². The van der Waals surface area contributed by atoms with Gasteiger partial charge < -0.3 is 15.5 Å². The van der Waals surface area contributed by atoms with Crippen molar-refractivity contribution in [2.24, 2.45) is 0 Å². The van der Waals surface area contributed by atoms with Gasteiger partial charge in [-0.15, -0.1) is 0 Å². The summed E-state index contributed by atoms with van der Waals surface area (Å²) in [6, 6.07) is 12.0. The average molecular weight is 409 g/mol. The first kappa shape index (κ1) is 19.8. The Morgan fingerprint density at radius 1 is 0.967 bits per heavy atom. The van der Waals surface area contributed by atoms with Crippen LogP contribution in [-0.4, -0.2) is 29.0 Å². The zero-order valence-electron chi connectivity index (χ0n) is 16.5. The molecule has 0 spiro atoms. The van der Waals surface area contributed by atoms with Crippen molar-refractivity contribution in [2.45, 2.75) is 19.8 Å². The van der Waals surface area contributed by atoms with Crippen LogP contribution in [0.25, 0.3) is 0 Å². The van der Waals surface area contributed by atoms with Crippen LogP contribution < -0.4 is 15.5 Å². The third kappa shape index (κ3) is 4.37. The maximum absolute atomic E-state index is 13.8. The molecule has 1 aliphatic rings. The molecule has 2 heterocycles. The number of aromatic nitrogens is 2. The Labute approximate surface area is 173 Å². The van der Waals surface area contributed by atoms with Gasteiger partial charge in [0.2, 0.25) is 0 Å². The lowest BCUT2D eigenvalue weighted by Gasteiger charge is -2.18. The Balaban J connectivity index is 1.46. The Hall–Kier alpha value is -3.55. The second kappa shape index (κ2) is 8.44. The first-order valence-electron chi connectivity index (χ1n) is 9.73. The highest BCUT2D eigenvalue weighted by molar-refractivity contribution is 6.04. The third-order valence-electron chi connectivity index (χ3n) is 4.86. The minimum atomic E-state index is -0.904. The Morgan fingerprint density at radius 2 is 1.60 bits per heavy atom. The molecule has 1 amide bonds. The molecule has 154 valence electrons. The van der Waals surface area contributed by atoms with Gasteiger partial charge in [0.15, 0.2) is 0 Å². The lowest BCUT2D eigenvalue weighted by molar-refractivity contribution is 0.101. The summed E-state index contributed by atoms with van der Waals surface area (Å²) in [6.07, 6.45) is 2.32. The van der Waals surface area contributed by atoms with E-state index in [1.165, 1.54) is 6.07 Å². The molecule has 3 aromatic rings. The number of benzene rings is 2. The molecule has 2 aromatic carbocycles. The maximum Gasteiger partial charge on any atom is 0.261 e. The number of carbonyl (C=O) groups excluding carboxylic acids is 1. The summed E-state index contributed by atoms with van der Waals surface area (Å²) < 4.78 is 27.5. The summed E-state index contributed by atoms with van der Waals surface area (Å²) in [5.41, 5.74) is 0.575. The molecule has 2 N–H and O–H groups in total. The van der Waals surface area contributed by atoms with Crippen molar-refractivity contribution in [2.75, 3.05) is 28.6 Å². The van der Waals surface area contributed by atoms with Gasteiger partial charge in [0.05, 0.1) is 0 Å². The normalized spacial score (nSPS) is 13.4. The predicted molar refractivity (Wildman–Crippen MR) is 112 cm³/mol. The topological polar surface area (TPSA) is 70.2 Å². The van der Waals surface area contributed by atoms with Crippen LogP contribution in [0.3, 0.4) is 0 Å². The van der Waals surface area contributed by atoms with Crippen LogP contribution in [-0.2, 0) is 0 Å². The van der Waals surface area contributed by atoms with Gasteiger partial charge in [-0.2, -0.15) is 0 Å². The molecule has 8 heteroatoms. The van der Waals surface area contributed by atoms with Crippen molar-refractivity contribution in [3.05, 3.63) is 71.6 Å². The van der Waals surface area contributed by atoms with E-state index in [2.05, 4.69) is 25.5 Å². The smallest absolute Gasteiger partial charge is 0.261 e. The van der Waals surface area contributed by atoms with Crippen molar-refractivity contribution in [3.63, 3.8) is 0 Å². The lowest BCUT2D eigenvalue weighted by Crippen LogP contribution is -2.19. The van der Waals surface area contributed by atoms with E-state index in [9.17, 15) is 13.6 Å². The zero-order valence-corrected chi connectivity index (χ0v) is 16.5. The Morgan fingerprint density at radius 3 is 2.27 bits per heavy atom. The molecular weight excluding hydrogens is 388 g/mol. The van der Waals surface area contributed by atoms with Crippen molar-refractivity contribution in [1.82, 2.24) is 9.97 Å². The van der Waals surface area contributed by atoms with E-state index in [0.717, 1.165) is 49.6 Å². The number of rotatable bonds is 5. The lowest BCUT2D eigenvalue weighted by atomic mass is 10.1. The molecule has 0 bridgehead atoms. The monoisotopic (exact) mass is 409 g/mol. The van der Waals surface area contributed by atoms with E-state index >= 15 is 0 Å². The number of nitrogens with one attached hydrogen (secondary N) is 2. The molecule has 4 rings (SSSR count). The van der Waals surface area contributed by atoms with Crippen LogP contribution in [0.2, 0.25) is 0 Å². The second-order valence-corrected chi connectivity index (χ2v) is 7.11. The standard InChI is InChI=1S/C22H21F2N5O/c1-14-25-19(13-20(26-14)29-11-2-3-12-29)27-15-7-9-16(10-8-15)28-22(30)21-17(23)5-4-6-18(21)24/h4-10,13H,2-3,11-12H2,1H3,(H,28,30)(H,25,26,27). The van der Waals surface area contributed by atoms with Crippen molar-refractivity contribution in [3.8, 4) is 0 Å². The minimum absolute atomic E-state index is 0.421. The van der Waals surface area contributed by atoms with Gasteiger partial charge in [-0.25, -0.2) is 18.7 Å². The van der Waals surface area contributed by atoms with Gasteiger partial charge in [0.25, 0.3) is 5.91 Å². The van der Waals surface area contributed by atoms with E-state index in [1.807, 2.05) is 13.0 Å². The molecule has 30 heavy (non-hydrogen) atoms. The molecule has 1 saturated heterocycles. The summed E-state index contributed by atoms with van der Waals surface area (Å²) in [7, 11) is 0. The summed E-state index contributed by atoms with van der Waals surface area (Å²) in [5.74, 6) is -0.393. The van der Waals surface area contributed by atoms with Crippen LogP contribution in [0, 0.1) is 18.6 Å². The molecule has 0 atom stereocenters. The summed E-state index contributed by atoms with van der Waals surface area (Å²) in [6.45, 7) is 3.84. The first-order chi connectivity index (χ1) is 14.5. The van der Waals surface area contributed by atoms with Crippen molar-refractivity contribution >= 4 is 28.9 Å². The number of aryl methyl sites for hydroxylation is 1. The highest BCUT2D eigenvalue weighted by Crippen LogP contribution is 2.24. The molecule has 6 nitrogen and oxygen atoms in total. The highest BCUT2D eigenvalue weighted by atomic mass is 19.1. The fraction of sp³-hybridized carbons (Fsp3) is 0.227. The van der Waals surface area contributed by atoms with E-state index in [-0.39, 0.29) is 0 Å². The van der Waals surface area contributed by atoms with Crippen LogP contribution >= 0.6 is 0 Å². The van der Waals surface area contributed by atoms with Gasteiger partial charge in [-0.05, 0) is 56.2 Å². The second-order valence-electron chi connectivity index (χ2n) is 7.11. The van der Waals surface area contributed by atoms with Gasteiger partial charge in [-0.1, -0.05) is 6.07 Å². The fourth-order valence-electron chi connectivity index (χ4n) is 3.42. The largest absolute Gasteiger partial charge is 0.356 e. The molecule has 1 fully saturated rings. The fourth-order valence-corrected chi connectivity index (χ4v) is 3.42. The van der Waals surface area contributed by atoms with Crippen molar-refractivity contribution in [1.29, 1.82) is 0 Å². The number of hydrogen-bond donors (Lipinski definition) is 2. The van der Waals surface area contributed by atoms with E-state index in [0.29, 0.717) is 17.3 Å².